The first-order valence-corrected chi connectivity index (χ1v) is 7.65. The zero-order valence-electron chi connectivity index (χ0n) is 12.5. The van der Waals surface area contributed by atoms with Gasteiger partial charge in [0.05, 0.1) is 11.6 Å². The van der Waals surface area contributed by atoms with Gasteiger partial charge < -0.3 is 11.1 Å². The van der Waals surface area contributed by atoms with Crippen molar-refractivity contribution in [3.63, 3.8) is 0 Å². The molecular formula is C18H20N3O. The molecule has 1 heterocycles. The van der Waals surface area contributed by atoms with Crippen LogP contribution in [0.25, 0.3) is 0 Å². The SMILES string of the molecule is NC(=O)C1CC(NCc2ccccn2)CCc2cc[c]cc21. The number of carbonyl (C=O) groups excluding carboxylic acids is 1. The van der Waals surface area contributed by atoms with Gasteiger partial charge in [-0.1, -0.05) is 24.3 Å². The minimum absolute atomic E-state index is 0.240. The average Bonchev–Trinajstić information content (AvgIpc) is 2.74. The molecule has 1 amide bonds. The van der Waals surface area contributed by atoms with Gasteiger partial charge in [0.25, 0.3) is 0 Å². The molecule has 22 heavy (non-hydrogen) atoms. The fourth-order valence-electron chi connectivity index (χ4n) is 3.09. The fraction of sp³-hybridized carbons (Fsp3) is 0.333. The molecular weight excluding hydrogens is 274 g/mol. The van der Waals surface area contributed by atoms with Crippen LogP contribution >= 0.6 is 0 Å². The number of fused-ring (bicyclic) bond motifs is 1. The maximum absolute atomic E-state index is 11.9. The lowest BCUT2D eigenvalue weighted by atomic mass is 9.91. The number of nitrogens with one attached hydrogen (secondary N) is 1. The van der Waals surface area contributed by atoms with Gasteiger partial charge >= 0.3 is 0 Å². The Kier molecular flexibility index (Phi) is 4.49. The normalized spacial score (nSPS) is 20.9. The molecule has 113 valence electrons. The van der Waals surface area contributed by atoms with Gasteiger partial charge in [-0.05, 0) is 48.6 Å². The summed E-state index contributed by atoms with van der Waals surface area (Å²) in [6.45, 7) is 0.708. The lowest BCUT2D eigenvalue weighted by Gasteiger charge is -2.20. The maximum atomic E-state index is 11.9. The molecule has 2 atom stereocenters. The lowest BCUT2D eigenvalue weighted by molar-refractivity contribution is -0.119. The lowest BCUT2D eigenvalue weighted by Crippen LogP contribution is -2.33. The van der Waals surface area contributed by atoms with Crippen molar-refractivity contribution < 1.29 is 4.79 Å². The summed E-state index contributed by atoms with van der Waals surface area (Å²) in [5, 5.41) is 3.52. The summed E-state index contributed by atoms with van der Waals surface area (Å²) in [5.74, 6) is -0.497. The Balaban J connectivity index is 1.72. The molecule has 2 aromatic rings. The van der Waals surface area contributed by atoms with E-state index in [0.29, 0.717) is 6.54 Å². The van der Waals surface area contributed by atoms with Crippen LogP contribution in [-0.2, 0) is 17.8 Å². The Hall–Kier alpha value is -2.20. The molecule has 0 bridgehead atoms. The number of aromatic nitrogens is 1. The van der Waals surface area contributed by atoms with Crippen molar-refractivity contribution in [1.29, 1.82) is 0 Å². The quantitative estimate of drug-likeness (QED) is 0.847. The van der Waals surface area contributed by atoms with Crippen molar-refractivity contribution in [1.82, 2.24) is 10.3 Å². The Morgan fingerprint density at radius 3 is 3.09 bits per heavy atom. The third-order valence-corrected chi connectivity index (χ3v) is 4.29. The predicted octanol–water partition coefficient (Wildman–Crippen LogP) is 1.95. The molecule has 4 heteroatoms. The second-order valence-electron chi connectivity index (χ2n) is 5.75. The number of benzene rings is 1. The number of primary amides is 1. The Morgan fingerprint density at radius 1 is 1.41 bits per heavy atom. The molecule has 0 spiro atoms. The van der Waals surface area contributed by atoms with Crippen LogP contribution in [0, 0.1) is 6.07 Å². The molecule has 0 saturated carbocycles. The van der Waals surface area contributed by atoms with E-state index in [4.69, 9.17) is 5.73 Å². The summed E-state index contributed by atoms with van der Waals surface area (Å²) >= 11 is 0. The molecule has 0 fully saturated rings. The van der Waals surface area contributed by atoms with Gasteiger partial charge in [-0.15, -0.1) is 0 Å². The van der Waals surface area contributed by atoms with Gasteiger partial charge in [0, 0.05) is 18.8 Å². The molecule has 3 N–H and O–H groups in total. The number of amides is 1. The van der Waals surface area contributed by atoms with Crippen molar-refractivity contribution in [2.24, 2.45) is 5.73 Å². The van der Waals surface area contributed by atoms with Gasteiger partial charge in [-0.25, -0.2) is 0 Å². The maximum Gasteiger partial charge on any atom is 0.225 e. The highest BCUT2D eigenvalue weighted by Crippen LogP contribution is 2.30. The monoisotopic (exact) mass is 294 g/mol. The van der Waals surface area contributed by atoms with E-state index in [1.807, 2.05) is 36.4 Å². The van der Waals surface area contributed by atoms with Gasteiger partial charge in [-0.3, -0.25) is 9.78 Å². The van der Waals surface area contributed by atoms with E-state index in [9.17, 15) is 4.79 Å². The molecule has 4 nitrogen and oxygen atoms in total. The van der Waals surface area contributed by atoms with Gasteiger partial charge in [0.15, 0.2) is 0 Å². The molecule has 3 rings (SSSR count). The summed E-state index contributed by atoms with van der Waals surface area (Å²) in [4.78, 5) is 16.2. The zero-order chi connectivity index (χ0) is 15.4. The number of aryl methyl sites for hydroxylation is 1. The van der Waals surface area contributed by atoms with Crippen LogP contribution < -0.4 is 11.1 Å². The number of pyridine rings is 1. The van der Waals surface area contributed by atoms with Gasteiger partial charge in [0.1, 0.15) is 0 Å². The summed E-state index contributed by atoms with van der Waals surface area (Å²) in [6.07, 6.45) is 4.47. The minimum Gasteiger partial charge on any atom is -0.369 e. The second kappa shape index (κ2) is 6.71. The summed E-state index contributed by atoms with van der Waals surface area (Å²) in [7, 11) is 0. The standard InChI is InChI=1S/C18H20N3O/c19-18(22)17-11-14(21-12-15-6-3-4-10-20-15)9-8-13-5-1-2-7-16(13)17/h1,3-7,10,14,17,21H,8-9,11-12H2,(H2,19,22). The van der Waals surface area contributed by atoms with E-state index >= 15 is 0 Å². The highest BCUT2D eigenvalue weighted by atomic mass is 16.1. The Morgan fingerprint density at radius 2 is 2.32 bits per heavy atom. The summed E-state index contributed by atoms with van der Waals surface area (Å²) < 4.78 is 0. The molecule has 1 aliphatic rings. The summed E-state index contributed by atoms with van der Waals surface area (Å²) in [6, 6.07) is 15.1. The Labute approximate surface area is 130 Å². The number of nitrogens with zero attached hydrogens (tertiary/aromatic N) is 1. The molecule has 2 unspecified atom stereocenters. The van der Waals surface area contributed by atoms with Crippen LogP contribution in [0.4, 0.5) is 0 Å². The largest absolute Gasteiger partial charge is 0.369 e. The first kappa shape index (κ1) is 14.7. The fourth-order valence-corrected chi connectivity index (χ4v) is 3.09. The molecule has 0 saturated heterocycles. The van der Waals surface area contributed by atoms with Crippen LogP contribution in [0.1, 0.15) is 35.6 Å². The van der Waals surface area contributed by atoms with Crippen molar-refractivity contribution in [3.8, 4) is 0 Å². The zero-order valence-corrected chi connectivity index (χ0v) is 12.5. The third-order valence-electron chi connectivity index (χ3n) is 4.29. The second-order valence-corrected chi connectivity index (χ2v) is 5.75. The van der Waals surface area contributed by atoms with E-state index in [1.54, 1.807) is 6.20 Å². The molecule has 1 radical (unpaired) electrons. The van der Waals surface area contributed by atoms with Crippen molar-refractivity contribution >= 4 is 5.91 Å². The number of hydrogen-bond acceptors (Lipinski definition) is 3. The molecule has 1 aromatic carbocycles. The van der Waals surface area contributed by atoms with Gasteiger partial charge in [0.2, 0.25) is 5.91 Å². The smallest absolute Gasteiger partial charge is 0.225 e. The topological polar surface area (TPSA) is 68.0 Å². The Bertz CT molecular complexity index is 642. The highest BCUT2D eigenvalue weighted by Gasteiger charge is 2.27. The predicted molar refractivity (Wildman–Crippen MR) is 85.0 cm³/mol. The number of carbonyl (C=O) groups is 1. The minimum atomic E-state index is -0.257. The number of rotatable bonds is 4. The molecule has 1 aromatic heterocycles. The van der Waals surface area contributed by atoms with Gasteiger partial charge in [-0.2, -0.15) is 0 Å². The number of nitrogens with two attached hydrogens (primary N) is 1. The average molecular weight is 294 g/mol. The van der Waals surface area contributed by atoms with E-state index in [1.165, 1.54) is 5.56 Å². The van der Waals surface area contributed by atoms with Crippen molar-refractivity contribution in [2.45, 2.75) is 37.8 Å². The van der Waals surface area contributed by atoms with Crippen LogP contribution in [0.15, 0.2) is 42.6 Å². The van der Waals surface area contributed by atoms with E-state index in [-0.39, 0.29) is 17.9 Å². The van der Waals surface area contributed by atoms with E-state index < -0.39 is 0 Å². The molecule has 1 aliphatic carbocycles. The first-order chi connectivity index (χ1) is 10.7. The third kappa shape index (κ3) is 3.34. The van der Waals surface area contributed by atoms with Crippen LogP contribution in [0.3, 0.4) is 0 Å². The molecule has 0 aliphatic heterocycles. The highest BCUT2D eigenvalue weighted by molar-refractivity contribution is 5.82. The van der Waals surface area contributed by atoms with E-state index in [2.05, 4.69) is 16.4 Å². The number of hydrogen-bond donors (Lipinski definition) is 2. The van der Waals surface area contributed by atoms with Crippen LogP contribution in [0.2, 0.25) is 0 Å². The summed E-state index contributed by atoms with van der Waals surface area (Å²) in [5.41, 5.74) is 8.89. The first-order valence-electron chi connectivity index (χ1n) is 7.65. The van der Waals surface area contributed by atoms with E-state index in [0.717, 1.165) is 30.5 Å². The van der Waals surface area contributed by atoms with Crippen molar-refractivity contribution in [2.75, 3.05) is 0 Å². The van der Waals surface area contributed by atoms with Crippen LogP contribution in [0.5, 0.6) is 0 Å². The van der Waals surface area contributed by atoms with Crippen LogP contribution in [-0.4, -0.2) is 16.9 Å². The van der Waals surface area contributed by atoms with Crippen molar-refractivity contribution in [3.05, 3.63) is 65.5 Å².